The van der Waals surface area contributed by atoms with Crippen molar-refractivity contribution < 1.29 is 9.53 Å². The van der Waals surface area contributed by atoms with Crippen LogP contribution in [0.15, 0.2) is 30.6 Å². The van der Waals surface area contributed by atoms with E-state index in [4.69, 9.17) is 4.74 Å². The van der Waals surface area contributed by atoms with Gasteiger partial charge in [-0.2, -0.15) is 0 Å². The molecule has 1 aliphatic heterocycles. The topological polar surface area (TPSA) is 60.2 Å². The van der Waals surface area contributed by atoms with Crippen LogP contribution in [0.1, 0.15) is 37.1 Å². The third-order valence-electron chi connectivity index (χ3n) is 4.48. The van der Waals surface area contributed by atoms with Crippen molar-refractivity contribution in [1.82, 2.24) is 19.7 Å². The lowest BCUT2D eigenvalue weighted by atomic mass is 9.96. The van der Waals surface area contributed by atoms with Crippen molar-refractivity contribution in [2.24, 2.45) is 7.05 Å². The Labute approximate surface area is 142 Å². The van der Waals surface area contributed by atoms with Crippen molar-refractivity contribution in [3.8, 4) is 5.75 Å². The normalized spacial score (nSPS) is 17.8. The van der Waals surface area contributed by atoms with Crippen LogP contribution in [0.5, 0.6) is 5.75 Å². The first-order valence-electron chi connectivity index (χ1n) is 8.50. The third kappa shape index (κ3) is 3.75. The van der Waals surface area contributed by atoms with Gasteiger partial charge in [0.15, 0.2) is 0 Å². The summed E-state index contributed by atoms with van der Waals surface area (Å²) in [4.78, 5) is 14.6. The van der Waals surface area contributed by atoms with Gasteiger partial charge in [0.2, 0.25) is 5.91 Å². The number of aryl methyl sites for hydroxylation is 1. The van der Waals surface area contributed by atoms with Crippen LogP contribution in [0.25, 0.3) is 0 Å². The number of hydrogen-bond donors (Lipinski definition) is 0. The number of rotatable bonds is 5. The lowest BCUT2D eigenvalue weighted by Crippen LogP contribution is -2.40. The summed E-state index contributed by atoms with van der Waals surface area (Å²) in [6.07, 6.45) is 4.21. The van der Waals surface area contributed by atoms with Crippen LogP contribution in [0.4, 0.5) is 0 Å². The standard InChI is InChI=1S/C18H24N4O2/c1-3-24-16-8-6-14(7-9-16)11-17(23)22-10-4-5-15(12-22)18-20-19-13-21(18)2/h6-9,13,15H,3-5,10-12H2,1-2H3/t15-/m1/s1. The summed E-state index contributed by atoms with van der Waals surface area (Å²) in [6, 6.07) is 7.77. The predicted molar refractivity (Wildman–Crippen MR) is 90.9 cm³/mol. The van der Waals surface area contributed by atoms with Crippen molar-refractivity contribution in [1.29, 1.82) is 0 Å². The second-order valence-corrected chi connectivity index (χ2v) is 6.23. The Morgan fingerprint density at radius 3 is 2.79 bits per heavy atom. The summed E-state index contributed by atoms with van der Waals surface area (Å²) >= 11 is 0. The van der Waals surface area contributed by atoms with Gasteiger partial charge in [-0.25, -0.2) is 0 Å². The van der Waals surface area contributed by atoms with Crippen molar-refractivity contribution >= 4 is 5.91 Å². The predicted octanol–water partition coefficient (Wildman–Crippen LogP) is 2.16. The number of aromatic nitrogens is 3. The van der Waals surface area contributed by atoms with Crippen LogP contribution in [-0.4, -0.2) is 45.3 Å². The van der Waals surface area contributed by atoms with E-state index in [0.717, 1.165) is 43.1 Å². The van der Waals surface area contributed by atoms with Gasteiger partial charge in [0.25, 0.3) is 0 Å². The highest BCUT2D eigenvalue weighted by molar-refractivity contribution is 5.79. The van der Waals surface area contributed by atoms with E-state index >= 15 is 0 Å². The summed E-state index contributed by atoms with van der Waals surface area (Å²) in [6.45, 7) is 4.16. The first kappa shape index (κ1) is 16.5. The molecular weight excluding hydrogens is 304 g/mol. The molecule has 0 saturated carbocycles. The Kier molecular flexibility index (Phi) is 5.13. The minimum Gasteiger partial charge on any atom is -0.494 e. The molecule has 1 amide bonds. The summed E-state index contributed by atoms with van der Waals surface area (Å²) < 4.78 is 7.39. The molecule has 1 aliphatic rings. The molecule has 3 rings (SSSR count). The molecular formula is C18H24N4O2. The first-order chi connectivity index (χ1) is 11.7. The molecule has 0 N–H and O–H groups in total. The SMILES string of the molecule is CCOc1ccc(CC(=O)N2CCC[C@@H](c3nncn3C)C2)cc1. The quantitative estimate of drug-likeness (QED) is 0.844. The monoisotopic (exact) mass is 328 g/mol. The second kappa shape index (κ2) is 7.47. The number of hydrogen-bond acceptors (Lipinski definition) is 4. The Morgan fingerprint density at radius 2 is 2.12 bits per heavy atom. The fourth-order valence-electron chi connectivity index (χ4n) is 3.23. The number of ether oxygens (including phenoxy) is 1. The molecule has 1 aromatic carbocycles. The van der Waals surface area contributed by atoms with Crippen LogP contribution in [-0.2, 0) is 18.3 Å². The van der Waals surface area contributed by atoms with E-state index in [1.165, 1.54) is 0 Å². The van der Waals surface area contributed by atoms with Crippen LogP contribution < -0.4 is 4.74 Å². The van der Waals surface area contributed by atoms with E-state index in [0.29, 0.717) is 13.0 Å². The second-order valence-electron chi connectivity index (χ2n) is 6.23. The van der Waals surface area contributed by atoms with Crippen LogP contribution in [0, 0.1) is 0 Å². The van der Waals surface area contributed by atoms with E-state index < -0.39 is 0 Å². The first-order valence-corrected chi connectivity index (χ1v) is 8.50. The Bertz CT molecular complexity index is 681. The van der Waals surface area contributed by atoms with Gasteiger partial charge in [0.1, 0.15) is 17.9 Å². The third-order valence-corrected chi connectivity index (χ3v) is 4.48. The molecule has 0 unspecified atom stereocenters. The molecule has 1 atom stereocenters. The summed E-state index contributed by atoms with van der Waals surface area (Å²) in [5.41, 5.74) is 1.02. The highest BCUT2D eigenvalue weighted by Crippen LogP contribution is 2.25. The van der Waals surface area contributed by atoms with Gasteiger partial charge < -0.3 is 14.2 Å². The maximum absolute atomic E-state index is 12.6. The number of benzene rings is 1. The summed E-state index contributed by atoms with van der Waals surface area (Å²) in [7, 11) is 1.95. The fraction of sp³-hybridized carbons (Fsp3) is 0.500. The molecule has 0 aliphatic carbocycles. The number of likely N-dealkylation sites (tertiary alicyclic amines) is 1. The summed E-state index contributed by atoms with van der Waals surface area (Å²) in [5, 5.41) is 8.16. The van der Waals surface area contributed by atoms with Crippen LogP contribution in [0.2, 0.25) is 0 Å². The van der Waals surface area contributed by atoms with Gasteiger partial charge in [-0.15, -0.1) is 10.2 Å². The van der Waals surface area contributed by atoms with E-state index in [1.807, 2.05) is 47.7 Å². The van der Waals surface area contributed by atoms with Gasteiger partial charge in [0.05, 0.1) is 13.0 Å². The van der Waals surface area contributed by atoms with E-state index in [1.54, 1.807) is 6.33 Å². The fourth-order valence-corrected chi connectivity index (χ4v) is 3.23. The maximum atomic E-state index is 12.6. The van der Waals surface area contributed by atoms with Crippen molar-refractivity contribution in [3.05, 3.63) is 42.0 Å². The minimum absolute atomic E-state index is 0.172. The Balaban J connectivity index is 1.61. The lowest BCUT2D eigenvalue weighted by Gasteiger charge is -2.32. The van der Waals surface area contributed by atoms with Crippen LogP contribution in [0.3, 0.4) is 0 Å². The molecule has 6 heteroatoms. The Hall–Kier alpha value is -2.37. The molecule has 1 saturated heterocycles. The van der Waals surface area contributed by atoms with Gasteiger partial charge in [-0.1, -0.05) is 12.1 Å². The zero-order valence-electron chi connectivity index (χ0n) is 14.3. The van der Waals surface area contributed by atoms with Crippen molar-refractivity contribution in [2.45, 2.75) is 32.1 Å². The zero-order valence-corrected chi connectivity index (χ0v) is 14.3. The van der Waals surface area contributed by atoms with E-state index in [9.17, 15) is 4.79 Å². The summed E-state index contributed by atoms with van der Waals surface area (Å²) in [5.74, 6) is 2.25. The molecule has 24 heavy (non-hydrogen) atoms. The zero-order chi connectivity index (χ0) is 16.9. The van der Waals surface area contributed by atoms with Gasteiger partial charge in [0, 0.05) is 26.1 Å². The largest absolute Gasteiger partial charge is 0.494 e. The molecule has 1 aromatic heterocycles. The molecule has 0 spiro atoms. The molecule has 0 bridgehead atoms. The van der Waals surface area contributed by atoms with Crippen molar-refractivity contribution in [2.75, 3.05) is 19.7 Å². The molecule has 2 aromatic rings. The molecule has 6 nitrogen and oxygen atoms in total. The van der Waals surface area contributed by atoms with Crippen LogP contribution >= 0.6 is 0 Å². The van der Waals surface area contributed by atoms with Gasteiger partial charge in [-0.05, 0) is 37.5 Å². The van der Waals surface area contributed by atoms with Gasteiger partial charge in [-0.3, -0.25) is 4.79 Å². The number of nitrogens with zero attached hydrogens (tertiary/aromatic N) is 4. The highest BCUT2D eigenvalue weighted by Gasteiger charge is 2.27. The average Bonchev–Trinajstić information content (AvgIpc) is 3.03. The van der Waals surface area contributed by atoms with Gasteiger partial charge >= 0.3 is 0 Å². The average molecular weight is 328 g/mol. The maximum Gasteiger partial charge on any atom is 0.227 e. The molecule has 128 valence electrons. The number of piperidine rings is 1. The number of amides is 1. The molecule has 1 fully saturated rings. The Morgan fingerprint density at radius 1 is 1.33 bits per heavy atom. The molecule has 0 radical (unpaired) electrons. The lowest BCUT2D eigenvalue weighted by molar-refractivity contribution is -0.131. The van der Waals surface area contributed by atoms with E-state index in [-0.39, 0.29) is 11.8 Å². The number of carbonyl (C=O) groups excluding carboxylic acids is 1. The van der Waals surface area contributed by atoms with E-state index in [2.05, 4.69) is 10.2 Å². The minimum atomic E-state index is 0.172. The number of carbonyl (C=O) groups is 1. The van der Waals surface area contributed by atoms with Crippen molar-refractivity contribution in [3.63, 3.8) is 0 Å². The molecule has 2 heterocycles. The smallest absolute Gasteiger partial charge is 0.227 e. The highest BCUT2D eigenvalue weighted by atomic mass is 16.5.